The van der Waals surface area contributed by atoms with Gasteiger partial charge in [-0.3, -0.25) is 9.69 Å². The Morgan fingerprint density at radius 3 is 2.58 bits per heavy atom. The van der Waals surface area contributed by atoms with E-state index in [9.17, 15) is 14.7 Å². The minimum Gasteiger partial charge on any atom is -0.493 e. The highest BCUT2D eigenvalue weighted by molar-refractivity contribution is 7.17. The molecule has 138 valence electrons. The van der Waals surface area contributed by atoms with Gasteiger partial charge in [-0.1, -0.05) is 11.6 Å². The normalized spacial score (nSPS) is 15.5. The fourth-order valence-electron chi connectivity index (χ4n) is 2.96. The molecule has 0 saturated carbocycles. The first-order valence-corrected chi connectivity index (χ1v) is 8.94. The van der Waals surface area contributed by atoms with E-state index in [0.717, 1.165) is 5.56 Å². The summed E-state index contributed by atoms with van der Waals surface area (Å²) in [7, 11) is 3.01. The number of fused-ring (bicyclic) bond motifs is 1. The number of carbonyl (C=O) groups is 2. The zero-order valence-electron chi connectivity index (χ0n) is 14.1. The summed E-state index contributed by atoms with van der Waals surface area (Å²) in [6, 6.07) is 6.72. The molecule has 7 nitrogen and oxygen atoms in total. The van der Waals surface area contributed by atoms with Gasteiger partial charge >= 0.3 is 6.09 Å². The van der Waals surface area contributed by atoms with E-state index in [-0.39, 0.29) is 18.4 Å². The number of rotatable bonds is 5. The molecule has 2 heterocycles. The van der Waals surface area contributed by atoms with Crippen LogP contribution in [0.5, 0.6) is 11.5 Å². The molecule has 1 aliphatic rings. The van der Waals surface area contributed by atoms with E-state index in [1.165, 1.54) is 30.5 Å². The average Bonchev–Trinajstić information content (AvgIpc) is 3.21. The van der Waals surface area contributed by atoms with Gasteiger partial charge in [0.2, 0.25) is 0 Å². The second kappa shape index (κ2) is 7.43. The average molecular weight is 397 g/mol. The van der Waals surface area contributed by atoms with Crippen molar-refractivity contribution < 1.29 is 24.2 Å². The predicted molar refractivity (Wildman–Crippen MR) is 99.3 cm³/mol. The first kappa shape index (κ1) is 18.3. The zero-order chi connectivity index (χ0) is 18.8. The Balaban J connectivity index is 1.83. The van der Waals surface area contributed by atoms with Crippen molar-refractivity contribution in [1.29, 1.82) is 0 Å². The predicted octanol–water partition coefficient (Wildman–Crippen LogP) is 3.43. The van der Waals surface area contributed by atoms with Crippen LogP contribution in [0.15, 0.2) is 24.3 Å². The number of benzene rings is 1. The summed E-state index contributed by atoms with van der Waals surface area (Å²) in [5, 5.41) is 12.3. The van der Waals surface area contributed by atoms with Crippen LogP contribution in [-0.2, 0) is 0 Å². The molecular weight excluding hydrogens is 380 g/mol. The SMILES string of the molecule is COc1cc2c(cc1OC)N(C(=O)O)CC2CNC(=O)c1ccc(Cl)s1. The number of amides is 2. The number of methoxy groups -OCH3 is 2. The van der Waals surface area contributed by atoms with Gasteiger partial charge in [-0.25, -0.2) is 4.79 Å². The van der Waals surface area contributed by atoms with Crippen molar-refractivity contribution >= 4 is 40.6 Å². The van der Waals surface area contributed by atoms with Crippen molar-refractivity contribution in [1.82, 2.24) is 5.32 Å². The highest BCUT2D eigenvalue weighted by Crippen LogP contribution is 2.43. The van der Waals surface area contributed by atoms with Crippen molar-refractivity contribution in [2.45, 2.75) is 5.92 Å². The van der Waals surface area contributed by atoms with E-state index in [0.29, 0.717) is 32.9 Å². The summed E-state index contributed by atoms with van der Waals surface area (Å²) in [4.78, 5) is 25.6. The summed E-state index contributed by atoms with van der Waals surface area (Å²) in [5.74, 6) is 0.535. The lowest BCUT2D eigenvalue weighted by Crippen LogP contribution is -2.32. The fraction of sp³-hybridized carbons (Fsp3) is 0.294. The Labute approximate surface area is 159 Å². The molecule has 1 aromatic carbocycles. The minimum absolute atomic E-state index is 0.194. The van der Waals surface area contributed by atoms with Crippen LogP contribution in [0.25, 0.3) is 0 Å². The number of ether oxygens (including phenoxy) is 2. The molecule has 1 unspecified atom stereocenters. The third-order valence-electron chi connectivity index (χ3n) is 4.20. The number of nitrogens with one attached hydrogen (secondary N) is 1. The Kier molecular flexibility index (Phi) is 5.24. The third kappa shape index (κ3) is 3.42. The quantitative estimate of drug-likeness (QED) is 0.808. The van der Waals surface area contributed by atoms with Crippen LogP contribution < -0.4 is 19.7 Å². The van der Waals surface area contributed by atoms with E-state index in [4.69, 9.17) is 21.1 Å². The van der Waals surface area contributed by atoms with Gasteiger partial charge in [0.25, 0.3) is 5.91 Å². The smallest absolute Gasteiger partial charge is 0.411 e. The molecule has 1 aliphatic heterocycles. The summed E-state index contributed by atoms with van der Waals surface area (Å²) >= 11 is 7.05. The molecule has 2 aromatic rings. The molecule has 0 bridgehead atoms. The number of hydrogen-bond acceptors (Lipinski definition) is 5. The topological polar surface area (TPSA) is 88.1 Å². The number of halogens is 1. The van der Waals surface area contributed by atoms with Crippen molar-refractivity contribution in [3.8, 4) is 11.5 Å². The van der Waals surface area contributed by atoms with Crippen LogP contribution >= 0.6 is 22.9 Å². The van der Waals surface area contributed by atoms with Crippen molar-refractivity contribution in [2.75, 3.05) is 32.2 Å². The van der Waals surface area contributed by atoms with Crippen LogP contribution in [0, 0.1) is 0 Å². The Morgan fingerprint density at radius 2 is 2.00 bits per heavy atom. The molecule has 26 heavy (non-hydrogen) atoms. The molecule has 0 spiro atoms. The molecule has 0 fully saturated rings. The molecule has 0 aliphatic carbocycles. The van der Waals surface area contributed by atoms with Gasteiger partial charge in [0.15, 0.2) is 11.5 Å². The number of thiophene rings is 1. The maximum absolute atomic E-state index is 12.2. The molecule has 2 N–H and O–H groups in total. The van der Waals surface area contributed by atoms with Gasteiger partial charge in [-0.05, 0) is 23.8 Å². The van der Waals surface area contributed by atoms with Crippen LogP contribution in [-0.4, -0.2) is 44.4 Å². The van der Waals surface area contributed by atoms with Crippen molar-refractivity contribution in [2.24, 2.45) is 0 Å². The van der Waals surface area contributed by atoms with E-state index in [2.05, 4.69) is 5.32 Å². The number of carboxylic acid groups (broad SMARTS) is 1. The maximum Gasteiger partial charge on any atom is 0.411 e. The number of carbonyl (C=O) groups excluding carboxylic acids is 1. The maximum atomic E-state index is 12.2. The monoisotopic (exact) mass is 396 g/mol. The Bertz CT molecular complexity index is 854. The molecule has 0 saturated heterocycles. The first-order chi connectivity index (χ1) is 12.4. The van der Waals surface area contributed by atoms with Gasteiger partial charge in [-0.2, -0.15) is 0 Å². The van der Waals surface area contributed by atoms with Gasteiger partial charge in [0, 0.05) is 25.1 Å². The highest BCUT2D eigenvalue weighted by atomic mass is 35.5. The highest BCUT2D eigenvalue weighted by Gasteiger charge is 2.34. The molecule has 2 amide bonds. The van der Waals surface area contributed by atoms with Crippen LogP contribution in [0.4, 0.5) is 10.5 Å². The lowest BCUT2D eigenvalue weighted by atomic mass is 10.0. The molecule has 3 rings (SSSR count). The number of nitrogens with zero attached hydrogens (tertiary/aromatic N) is 1. The van der Waals surface area contributed by atoms with Gasteiger partial charge < -0.3 is 19.9 Å². The Hall–Kier alpha value is -2.45. The van der Waals surface area contributed by atoms with Crippen LogP contribution in [0.3, 0.4) is 0 Å². The third-order valence-corrected chi connectivity index (χ3v) is 5.43. The van der Waals surface area contributed by atoms with E-state index in [1.807, 2.05) is 0 Å². The van der Waals surface area contributed by atoms with Gasteiger partial charge in [-0.15, -0.1) is 11.3 Å². The molecule has 1 aromatic heterocycles. The van der Waals surface area contributed by atoms with Crippen LogP contribution in [0.2, 0.25) is 4.34 Å². The van der Waals surface area contributed by atoms with E-state index >= 15 is 0 Å². The van der Waals surface area contributed by atoms with E-state index in [1.54, 1.807) is 24.3 Å². The van der Waals surface area contributed by atoms with E-state index < -0.39 is 6.09 Å². The van der Waals surface area contributed by atoms with Crippen molar-refractivity contribution in [3.05, 3.63) is 39.0 Å². The summed E-state index contributed by atoms with van der Waals surface area (Å²) in [6.07, 6.45) is -1.06. The fourth-order valence-corrected chi connectivity index (χ4v) is 3.92. The largest absolute Gasteiger partial charge is 0.493 e. The number of anilines is 1. The molecular formula is C17H17ClN2O5S. The lowest BCUT2D eigenvalue weighted by molar-refractivity contribution is 0.0955. The number of hydrogen-bond donors (Lipinski definition) is 2. The minimum atomic E-state index is -1.06. The van der Waals surface area contributed by atoms with Crippen LogP contribution in [0.1, 0.15) is 21.2 Å². The summed E-state index contributed by atoms with van der Waals surface area (Å²) in [6.45, 7) is 0.535. The van der Waals surface area contributed by atoms with Gasteiger partial charge in [0.1, 0.15) is 0 Å². The Morgan fingerprint density at radius 1 is 1.31 bits per heavy atom. The second-order valence-electron chi connectivity index (χ2n) is 5.67. The van der Waals surface area contributed by atoms with Crippen molar-refractivity contribution in [3.63, 3.8) is 0 Å². The summed E-state index contributed by atoms with van der Waals surface area (Å²) < 4.78 is 11.1. The first-order valence-electron chi connectivity index (χ1n) is 7.74. The van der Waals surface area contributed by atoms with Gasteiger partial charge in [0.05, 0.1) is 29.1 Å². The molecule has 0 radical (unpaired) electrons. The summed E-state index contributed by atoms with van der Waals surface area (Å²) in [5.41, 5.74) is 1.32. The lowest BCUT2D eigenvalue weighted by Gasteiger charge is -2.15. The molecule has 1 atom stereocenters. The standard InChI is InChI=1S/C17H17ClN2O5S/c1-24-12-5-10-9(7-19-16(21)14-3-4-15(18)26-14)8-20(17(22)23)11(10)6-13(12)25-2/h3-6,9H,7-8H2,1-2H3,(H,19,21)(H,22,23). The zero-order valence-corrected chi connectivity index (χ0v) is 15.7. The molecule has 9 heteroatoms. The second-order valence-corrected chi connectivity index (χ2v) is 7.38.